The van der Waals surface area contributed by atoms with Crippen molar-refractivity contribution in [2.24, 2.45) is 0 Å². The average Bonchev–Trinajstić information content (AvgIpc) is 3.89. The molecule has 4 aromatic heterocycles. The van der Waals surface area contributed by atoms with Crippen LogP contribution >= 0.6 is 11.3 Å². The van der Waals surface area contributed by atoms with E-state index in [-0.39, 0.29) is 0 Å². The van der Waals surface area contributed by atoms with Crippen LogP contribution < -0.4 is 0 Å². The molecule has 12 rings (SSSR count). The second kappa shape index (κ2) is 10.8. The number of hydrogen-bond acceptors (Lipinski definition) is 4. The van der Waals surface area contributed by atoms with Crippen LogP contribution in [0.1, 0.15) is 0 Å². The SMILES string of the molecule is c1ccc2cc(-c3ccc(-c4nc(-n5c6ccccc6c6cc7c(ccc8sc9ccccc9c87)cc65)nc5c4oc4ccccc45)cc3)ccc2c1. The van der Waals surface area contributed by atoms with Gasteiger partial charge in [0.05, 0.1) is 11.0 Å². The van der Waals surface area contributed by atoms with E-state index in [1.807, 2.05) is 29.5 Å². The summed E-state index contributed by atoms with van der Waals surface area (Å²) in [6.45, 7) is 0. The Kier molecular flexibility index (Phi) is 5.90. The molecule has 0 radical (unpaired) electrons. The Labute approximate surface area is 306 Å². The lowest BCUT2D eigenvalue weighted by molar-refractivity contribution is 0.666. The van der Waals surface area contributed by atoms with E-state index in [9.17, 15) is 0 Å². The van der Waals surface area contributed by atoms with Crippen LogP contribution in [0.4, 0.5) is 0 Å². The molecule has 8 aromatic carbocycles. The van der Waals surface area contributed by atoms with Crippen molar-refractivity contribution in [3.05, 3.63) is 164 Å². The Morgan fingerprint density at radius 2 is 1.17 bits per heavy atom. The number of furan rings is 1. The van der Waals surface area contributed by atoms with Crippen molar-refractivity contribution in [1.29, 1.82) is 0 Å². The quantitative estimate of drug-likeness (QED) is 0.185. The highest BCUT2D eigenvalue weighted by Crippen LogP contribution is 2.43. The van der Waals surface area contributed by atoms with E-state index in [2.05, 4.69) is 150 Å². The van der Waals surface area contributed by atoms with E-state index in [0.29, 0.717) is 11.5 Å². The summed E-state index contributed by atoms with van der Waals surface area (Å²) in [5.41, 5.74) is 8.49. The Balaban J connectivity index is 1.11. The Morgan fingerprint density at radius 1 is 0.453 bits per heavy atom. The molecule has 4 nitrogen and oxygen atoms in total. The fourth-order valence-electron chi connectivity index (χ4n) is 8.29. The minimum atomic E-state index is 0.616. The number of thiophene rings is 1. The minimum absolute atomic E-state index is 0.616. The molecule has 0 aliphatic rings. The van der Waals surface area contributed by atoms with Crippen molar-refractivity contribution in [2.45, 2.75) is 0 Å². The van der Waals surface area contributed by atoms with Crippen molar-refractivity contribution < 1.29 is 4.42 Å². The molecule has 0 aliphatic heterocycles. The lowest BCUT2D eigenvalue weighted by Gasteiger charge is -2.11. The number of aromatic nitrogens is 3. The van der Waals surface area contributed by atoms with E-state index in [1.54, 1.807) is 0 Å². The van der Waals surface area contributed by atoms with Crippen molar-refractivity contribution in [1.82, 2.24) is 14.5 Å². The van der Waals surface area contributed by atoms with Gasteiger partial charge in [-0.05, 0) is 81.2 Å². The monoisotopic (exact) mass is 693 g/mol. The van der Waals surface area contributed by atoms with Gasteiger partial charge < -0.3 is 4.42 Å². The molecule has 0 N–H and O–H groups in total. The summed E-state index contributed by atoms with van der Waals surface area (Å²) in [6, 6.07) is 58.4. The summed E-state index contributed by atoms with van der Waals surface area (Å²) in [7, 11) is 0. The third-order valence-corrected chi connectivity index (χ3v) is 11.9. The van der Waals surface area contributed by atoms with Crippen LogP contribution in [0.3, 0.4) is 0 Å². The Bertz CT molecular complexity index is 3460. The highest BCUT2D eigenvalue weighted by atomic mass is 32.1. The summed E-state index contributed by atoms with van der Waals surface area (Å²) >= 11 is 1.86. The fourth-order valence-corrected chi connectivity index (χ4v) is 9.41. The van der Waals surface area contributed by atoms with Crippen molar-refractivity contribution in [3.8, 4) is 28.3 Å². The van der Waals surface area contributed by atoms with Gasteiger partial charge in [-0.1, -0.05) is 115 Å². The third-order valence-electron chi connectivity index (χ3n) is 10.8. The van der Waals surface area contributed by atoms with E-state index in [1.165, 1.54) is 58.1 Å². The molecule has 0 fully saturated rings. The largest absolute Gasteiger partial charge is 0.452 e. The van der Waals surface area contributed by atoms with Gasteiger partial charge in [-0.3, -0.25) is 4.57 Å². The Hall–Kier alpha value is -6.82. The average molecular weight is 694 g/mol. The molecule has 0 atom stereocenters. The normalized spacial score (nSPS) is 12.2. The zero-order valence-corrected chi connectivity index (χ0v) is 29.1. The predicted molar refractivity (Wildman–Crippen MR) is 222 cm³/mol. The molecular weight excluding hydrogens is 667 g/mol. The van der Waals surface area contributed by atoms with Crippen LogP contribution in [0.5, 0.6) is 0 Å². The van der Waals surface area contributed by atoms with Crippen molar-refractivity contribution >= 4 is 96.9 Å². The van der Waals surface area contributed by atoms with E-state index >= 15 is 0 Å². The zero-order valence-electron chi connectivity index (χ0n) is 28.2. The standard InChI is InChI=1S/C48H27N3OS/c1-2-10-31-25-32(22-19-28(31)9-1)29-17-20-30(21-18-29)45-47-46(35-12-4-7-15-41(35)52-47)50-48(49-45)51-39-14-6-3-11-34(39)38-27-37-33(26-40(38)51)23-24-43-44(37)36-13-5-8-16-42(36)53-43/h1-27H. The number of rotatable bonds is 3. The number of fused-ring (bicyclic) bond motifs is 12. The maximum absolute atomic E-state index is 6.54. The Morgan fingerprint density at radius 3 is 2.08 bits per heavy atom. The van der Waals surface area contributed by atoms with E-state index in [0.717, 1.165) is 44.3 Å². The number of para-hydroxylation sites is 2. The summed E-state index contributed by atoms with van der Waals surface area (Å²) in [5.74, 6) is 0.616. The van der Waals surface area contributed by atoms with Crippen LogP contribution in [0.25, 0.3) is 114 Å². The highest BCUT2D eigenvalue weighted by molar-refractivity contribution is 7.26. The maximum Gasteiger partial charge on any atom is 0.236 e. The first-order valence-corrected chi connectivity index (χ1v) is 18.6. The van der Waals surface area contributed by atoms with Gasteiger partial charge in [-0.15, -0.1) is 11.3 Å². The molecular formula is C48H27N3OS. The molecule has 0 saturated heterocycles. The van der Waals surface area contributed by atoms with Gasteiger partial charge in [0.15, 0.2) is 5.58 Å². The molecule has 12 aromatic rings. The second-order valence-electron chi connectivity index (χ2n) is 13.8. The lowest BCUT2D eigenvalue weighted by atomic mass is 9.99. The van der Waals surface area contributed by atoms with Crippen LogP contribution in [0.15, 0.2) is 168 Å². The predicted octanol–water partition coefficient (Wildman–Crippen LogP) is 13.5. The first-order valence-electron chi connectivity index (χ1n) is 17.8. The molecule has 0 amide bonds. The first kappa shape index (κ1) is 28.8. The zero-order chi connectivity index (χ0) is 34.6. The van der Waals surface area contributed by atoms with Crippen LogP contribution in [-0.4, -0.2) is 14.5 Å². The highest BCUT2D eigenvalue weighted by Gasteiger charge is 2.22. The molecule has 246 valence electrons. The molecule has 0 unspecified atom stereocenters. The van der Waals surface area contributed by atoms with Crippen LogP contribution in [0, 0.1) is 0 Å². The smallest absolute Gasteiger partial charge is 0.236 e. The van der Waals surface area contributed by atoms with Gasteiger partial charge in [-0.2, -0.15) is 0 Å². The number of hydrogen-bond donors (Lipinski definition) is 0. The molecule has 5 heteroatoms. The van der Waals surface area contributed by atoms with Gasteiger partial charge in [0.25, 0.3) is 0 Å². The number of benzene rings is 8. The molecule has 0 aliphatic carbocycles. The van der Waals surface area contributed by atoms with Crippen LogP contribution in [-0.2, 0) is 0 Å². The van der Waals surface area contributed by atoms with Gasteiger partial charge >= 0.3 is 0 Å². The minimum Gasteiger partial charge on any atom is -0.452 e. The van der Waals surface area contributed by atoms with E-state index in [4.69, 9.17) is 14.4 Å². The molecule has 0 bridgehead atoms. The van der Waals surface area contributed by atoms with Crippen molar-refractivity contribution in [2.75, 3.05) is 0 Å². The topological polar surface area (TPSA) is 43.9 Å². The summed E-state index contributed by atoms with van der Waals surface area (Å²) < 4.78 is 11.4. The molecule has 0 spiro atoms. The molecule has 0 saturated carbocycles. The van der Waals surface area contributed by atoms with Gasteiger partial charge in [0, 0.05) is 41.9 Å². The second-order valence-corrected chi connectivity index (χ2v) is 14.9. The van der Waals surface area contributed by atoms with Gasteiger partial charge in [-0.25, -0.2) is 9.97 Å². The van der Waals surface area contributed by atoms with Crippen LogP contribution in [0.2, 0.25) is 0 Å². The van der Waals surface area contributed by atoms with Gasteiger partial charge in [0.2, 0.25) is 5.95 Å². The first-order chi connectivity index (χ1) is 26.2. The summed E-state index contributed by atoms with van der Waals surface area (Å²) in [4.78, 5) is 10.7. The van der Waals surface area contributed by atoms with E-state index < -0.39 is 0 Å². The maximum atomic E-state index is 6.54. The summed E-state index contributed by atoms with van der Waals surface area (Å²) in [5, 5.41) is 10.9. The lowest BCUT2D eigenvalue weighted by Crippen LogP contribution is -2.03. The molecule has 4 heterocycles. The molecule has 53 heavy (non-hydrogen) atoms. The van der Waals surface area contributed by atoms with Crippen molar-refractivity contribution in [3.63, 3.8) is 0 Å². The summed E-state index contributed by atoms with van der Waals surface area (Å²) in [6.07, 6.45) is 0. The third kappa shape index (κ3) is 4.23. The fraction of sp³-hybridized carbons (Fsp3) is 0. The van der Waals surface area contributed by atoms with Gasteiger partial charge in [0.1, 0.15) is 16.8 Å². The number of nitrogens with zero attached hydrogens (tertiary/aromatic N) is 3.